The highest BCUT2D eigenvalue weighted by Crippen LogP contribution is 2.44. The lowest BCUT2D eigenvalue weighted by Gasteiger charge is -2.09. The lowest BCUT2D eigenvalue weighted by atomic mass is 10.1. The number of nitrogens with zero attached hydrogens (tertiary/aromatic N) is 2. The predicted octanol–water partition coefficient (Wildman–Crippen LogP) is 3.76. The summed E-state index contributed by atoms with van der Waals surface area (Å²) in [7, 11) is 0. The summed E-state index contributed by atoms with van der Waals surface area (Å²) in [5.74, 6) is 0.510. The monoisotopic (exact) mass is 280 g/mol. The number of imidazole rings is 1. The number of aromatic nitrogens is 2. The van der Waals surface area contributed by atoms with E-state index in [-0.39, 0.29) is 11.5 Å². The average Bonchev–Trinajstić information content (AvgIpc) is 3.23. The van der Waals surface area contributed by atoms with Crippen molar-refractivity contribution in [1.82, 2.24) is 9.55 Å². The number of phenolic OH excluding ortho intramolecular Hbond substituents is 2. The summed E-state index contributed by atoms with van der Waals surface area (Å²) < 4.78 is 2.18. The third-order valence-electron chi connectivity index (χ3n) is 4.01. The number of para-hydroxylation sites is 1. The molecule has 3 aromatic rings. The second-order valence-electron chi connectivity index (χ2n) is 5.70. The van der Waals surface area contributed by atoms with Crippen molar-refractivity contribution in [2.45, 2.75) is 25.8 Å². The Hall–Kier alpha value is -2.49. The minimum Gasteiger partial charge on any atom is -0.504 e. The summed E-state index contributed by atoms with van der Waals surface area (Å²) in [5.41, 5.74) is 3.76. The summed E-state index contributed by atoms with van der Waals surface area (Å²) in [6, 6.07) is 11.7. The first kappa shape index (κ1) is 12.3. The first-order valence-corrected chi connectivity index (χ1v) is 7.15. The molecule has 1 heterocycles. The molecule has 106 valence electrons. The molecule has 0 aliphatic heterocycles. The van der Waals surface area contributed by atoms with Gasteiger partial charge >= 0.3 is 0 Å². The Bertz CT molecular complexity index is 847. The van der Waals surface area contributed by atoms with Gasteiger partial charge in [-0.15, -0.1) is 0 Å². The van der Waals surface area contributed by atoms with Gasteiger partial charge in [0, 0.05) is 6.04 Å². The van der Waals surface area contributed by atoms with Crippen molar-refractivity contribution in [2.75, 3.05) is 0 Å². The Labute approximate surface area is 122 Å². The third-order valence-corrected chi connectivity index (χ3v) is 4.01. The molecule has 4 heteroatoms. The number of aryl methyl sites for hydroxylation is 1. The van der Waals surface area contributed by atoms with Crippen molar-refractivity contribution in [1.29, 1.82) is 0 Å². The van der Waals surface area contributed by atoms with E-state index in [0.29, 0.717) is 11.6 Å². The number of hydrogen-bond donors (Lipinski definition) is 2. The van der Waals surface area contributed by atoms with Crippen LogP contribution in [0, 0.1) is 6.92 Å². The standard InChI is InChI=1S/C17H16N2O2/c1-10-5-8-14-13(9-10)18-17(19(14)11-6-7-11)12-3-2-4-15(20)16(12)21/h2-5,8-9,11,20-21H,6-7H2,1H3. The fourth-order valence-electron chi connectivity index (χ4n) is 2.81. The van der Waals surface area contributed by atoms with E-state index < -0.39 is 0 Å². The maximum atomic E-state index is 10.2. The molecule has 1 aliphatic rings. The van der Waals surface area contributed by atoms with Gasteiger partial charge in [-0.05, 0) is 49.6 Å². The van der Waals surface area contributed by atoms with Crippen LogP contribution < -0.4 is 0 Å². The highest BCUT2D eigenvalue weighted by atomic mass is 16.3. The highest BCUT2D eigenvalue weighted by molar-refractivity contribution is 5.83. The van der Waals surface area contributed by atoms with E-state index in [9.17, 15) is 10.2 Å². The summed E-state index contributed by atoms with van der Waals surface area (Å²) in [4.78, 5) is 4.70. The second kappa shape index (κ2) is 4.25. The van der Waals surface area contributed by atoms with Crippen molar-refractivity contribution in [2.24, 2.45) is 0 Å². The van der Waals surface area contributed by atoms with Crippen LogP contribution in [0.25, 0.3) is 22.4 Å². The van der Waals surface area contributed by atoms with E-state index in [2.05, 4.69) is 22.8 Å². The summed E-state index contributed by atoms with van der Waals surface area (Å²) >= 11 is 0. The molecule has 1 saturated carbocycles. The van der Waals surface area contributed by atoms with Gasteiger partial charge in [-0.3, -0.25) is 0 Å². The Morgan fingerprint density at radius 3 is 2.71 bits per heavy atom. The number of rotatable bonds is 2. The van der Waals surface area contributed by atoms with Crippen LogP contribution in [0.5, 0.6) is 11.5 Å². The van der Waals surface area contributed by atoms with E-state index >= 15 is 0 Å². The molecular formula is C17H16N2O2. The van der Waals surface area contributed by atoms with E-state index in [0.717, 1.165) is 35.3 Å². The minimum absolute atomic E-state index is 0.105. The van der Waals surface area contributed by atoms with Crippen LogP contribution in [0.1, 0.15) is 24.4 Å². The zero-order chi connectivity index (χ0) is 14.6. The van der Waals surface area contributed by atoms with Gasteiger partial charge in [-0.1, -0.05) is 12.1 Å². The van der Waals surface area contributed by atoms with Crippen LogP contribution in [0.2, 0.25) is 0 Å². The fourth-order valence-corrected chi connectivity index (χ4v) is 2.81. The van der Waals surface area contributed by atoms with Crippen molar-refractivity contribution < 1.29 is 10.2 Å². The molecule has 2 aromatic carbocycles. The number of phenols is 2. The molecule has 1 fully saturated rings. The van der Waals surface area contributed by atoms with E-state index in [1.54, 1.807) is 12.1 Å². The zero-order valence-corrected chi connectivity index (χ0v) is 11.7. The average molecular weight is 280 g/mol. The Balaban J connectivity index is 2.03. The maximum absolute atomic E-state index is 10.2. The normalized spacial score (nSPS) is 14.7. The van der Waals surface area contributed by atoms with Crippen LogP contribution in [0.3, 0.4) is 0 Å². The van der Waals surface area contributed by atoms with E-state index in [1.807, 2.05) is 6.92 Å². The molecule has 0 spiro atoms. The topological polar surface area (TPSA) is 58.3 Å². The van der Waals surface area contributed by atoms with Crippen molar-refractivity contribution in [3.63, 3.8) is 0 Å². The van der Waals surface area contributed by atoms with Crippen LogP contribution >= 0.6 is 0 Å². The molecule has 0 unspecified atom stereocenters. The van der Waals surface area contributed by atoms with E-state index in [4.69, 9.17) is 4.98 Å². The van der Waals surface area contributed by atoms with Crippen molar-refractivity contribution in [3.8, 4) is 22.9 Å². The summed E-state index contributed by atoms with van der Waals surface area (Å²) in [6.07, 6.45) is 2.26. The molecule has 0 saturated heterocycles. The molecule has 4 nitrogen and oxygen atoms in total. The Morgan fingerprint density at radius 2 is 1.95 bits per heavy atom. The quantitative estimate of drug-likeness (QED) is 0.703. The van der Waals surface area contributed by atoms with Crippen molar-refractivity contribution >= 4 is 11.0 Å². The predicted molar refractivity (Wildman–Crippen MR) is 81.5 cm³/mol. The molecule has 2 N–H and O–H groups in total. The molecule has 0 atom stereocenters. The van der Waals surface area contributed by atoms with Crippen LogP contribution in [-0.4, -0.2) is 19.8 Å². The second-order valence-corrected chi connectivity index (χ2v) is 5.70. The summed E-state index contributed by atoms with van der Waals surface area (Å²) in [5, 5.41) is 19.9. The number of aromatic hydroxyl groups is 2. The maximum Gasteiger partial charge on any atom is 0.168 e. The smallest absolute Gasteiger partial charge is 0.168 e. The number of benzene rings is 2. The highest BCUT2D eigenvalue weighted by Gasteiger charge is 2.29. The minimum atomic E-state index is -0.113. The molecular weight excluding hydrogens is 264 g/mol. The van der Waals surface area contributed by atoms with Gasteiger partial charge in [0.2, 0.25) is 0 Å². The van der Waals surface area contributed by atoms with E-state index in [1.165, 1.54) is 6.07 Å². The van der Waals surface area contributed by atoms with Gasteiger partial charge in [0.1, 0.15) is 5.82 Å². The Morgan fingerprint density at radius 1 is 1.14 bits per heavy atom. The molecule has 0 amide bonds. The largest absolute Gasteiger partial charge is 0.504 e. The zero-order valence-electron chi connectivity index (χ0n) is 11.7. The number of hydrogen-bond acceptors (Lipinski definition) is 3. The van der Waals surface area contributed by atoms with Crippen LogP contribution in [0.15, 0.2) is 36.4 Å². The van der Waals surface area contributed by atoms with Gasteiger partial charge < -0.3 is 14.8 Å². The SMILES string of the molecule is Cc1ccc2c(c1)nc(-c1cccc(O)c1O)n2C1CC1. The van der Waals surface area contributed by atoms with Gasteiger partial charge in [-0.2, -0.15) is 0 Å². The van der Waals surface area contributed by atoms with Gasteiger partial charge in [0.15, 0.2) is 11.5 Å². The van der Waals surface area contributed by atoms with Gasteiger partial charge in [-0.25, -0.2) is 4.98 Å². The molecule has 1 aromatic heterocycles. The first-order chi connectivity index (χ1) is 10.1. The first-order valence-electron chi connectivity index (χ1n) is 7.15. The van der Waals surface area contributed by atoms with Crippen LogP contribution in [0.4, 0.5) is 0 Å². The van der Waals surface area contributed by atoms with Gasteiger partial charge in [0.05, 0.1) is 16.6 Å². The summed E-state index contributed by atoms with van der Waals surface area (Å²) in [6.45, 7) is 2.04. The van der Waals surface area contributed by atoms with Crippen molar-refractivity contribution in [3.05, 3.63) is 42.0 Å². The van der Waals surface area contributed by atoms with Crippen LogP contribution in [-0.2, 0) is 0 Å². The fraction of sp³-hybridized carbons (Fsp3) is 0.235. The number of fused-ring (bicyclic) bond motifs is 1. The molecule has 21 heavy (non-hydrogen) atoms. The molecule has 0 bridgehead atoms. The molecule has 1 aliphatic carbocycles. The lowest BCUT2D eigenvalue weighted by molar-refractivity contribution is 0.404. The van der Waals surface area contributed by atoms with Gasteiger partial charge in [0.25, 0.3) is 0 Å². The lowest BCUT2D eigenvalue weighted by Crippen LogP contribution is -1.97. The Kier molecular flexibility index (Phi) is 2.48. The third kappa shape index (κ3) is 1.87. The molecule has 0 radical (unpaired) electrons. The molecule has 4 rings (SSSR count).